The second-order valence-corrected chi connectivity index (χ2v) is 5.09. The van der Waals surface area contributed by atoms with Gasteiger partial charge < -0.3 is 9.88 Å². The first-order chi connectivity index (χ1) is 10.7. The minimum Gasteiger partial charge on any atom is -0.327 e. The molecule has 0 aliphatic rings. The largest absolute Gasteiger partial charge is 0.327 e. The van der Waals surface area contributed by atoms with Crippen LogP contribution in [0.1, 0.15) is 18.4 Å². The number of para-hydroxylation sites is 1. The van der Waals surface area contributed by atoms with Crippen LogP contribution in [0.3, 0.4) is 0 Å². The fourth-order valence-electron chi connectivity index (χ4n) is 2.63. The van der Waals surface area contributed by atoms with E-state index < -0.39 is 0 Å². The fraction of sp³-hybridized carbons (Fsp3) is 0.235. The van der Waals surface area contributed by atoms with Crippen LogP contribution in [0.5, 0.6) is 0 Å². The van der Waals surface area contributed by atoms with Crippen LogP contribution in [0, 0.1) is 13.8 Å². The molecule has 3 rings (SSSR count). The van der Waals surface area contributed by atoms with E-state index in [1.165, 1.54) is 0 Å². The van der Waals surface area contributed by atoms with E-state index >= 15 is 0 Å². The van der Waals surface area contributed by atoms with Crippen molar-refractivity contribution in [2.45, 2.75) is 27.3 Å². The van der Waals surface area contributed by atoms with Crippen molar-refractivity contribution in [3.8, 4) is 11.4 Å². The summed E-state index contributed by atoms with van der Waals surface area (Å²) < 4.78 is 2.17. The maximum atomic E-state index is 4.64. The van der Waals surface area contributed by atoms with Crippen molar-refractivity contribution in [1.82, 2.24) is 19.5 Å². The molecule has 5 nitrogen and oxygen atoms in total. The Morgan fingerprint density at radius 3 is 2.55 bits per heavy atom. The van der Waals surface area contributed by atoms with Gasteiger partial charge in [-0.2, -0.15) is 0 Å². The van der Waals surface area contributed by atoms with E-state index in [-0.39, 0.29) is 0 Å². The molecule has 0 spiro atoms. The minimum atomic E-state index is 0.588. The molecule has 1 N–H and O–H groups in total. The molecule has 0 atom stereocenters. The maximum Gasteiger partial charge on any atom is 0.227 e. The molecular formula is C17H19N5. The van der Waals surface area contributed by atoms with Gasteiger partial charge in [-0.1, -0.05) is 18.2 Å². The van der Waals surface area contributed by atoms with E-state index in [0.717, 1.165) is 35.1 Å². The SMILES string of the molecule is CCn1c(C)nc(C)c1-c1ccnc(Nc2ccccc2)n1. The molecule has 1 aromatic carbocycles. The van der Waals surface area contributed by atoms with Crippen LogP contribution >= 0.6 is 0 Å². The molecule has 0 aliphatic heterocycles. The smallest absolute Gasteiger partial charge is 0.227 e. The van der Waals surface area contributed by atoms with Gasteiger partial charge >= 0.3 is 0 Å². The summed E-state index contributed by atoms with van der Waals surface area (Å²) in [4.78, 5) is 13.5. The molecule has 5 heteroatoms. The molecule has 0 saturated heterocycles. The highest BCUT2D eigenvalue weighted by Gasteiger charge is 2.14. The number of hydrogen-bond acceptors (Lipinski definition) is 4. The van der Waals surface area contributed by atoms with Crippen LogP contribution in [0.25, 0.3) is 11.4 Å². The van der Waals surface area contributed by atoms with Crippen molar-refractivity contribution in [1.29, 1.82) is 0 Å². The first-order valence-electron chi connectivity index (χ1n) is 7.38. The third kappa shape index (κ3) is 2.70. The van der Waals surface area contributed by atoms with E-state index in [9.17, 15) is 0 Å². The number of rotatable bonds is 4. The lowest BCUT2D eigenvalue weighted by Crippen LogP contribution is -2.03. The summed E-state index contributed by atoms with van der Waals surface area (Å²) in [6, 6.07) is 11.8. The standard InChI is InChI=1S/C17H19N5/c1-4-22-13(3)19-12(2)16(22)15-10-11-18-17(21-15)20-14-8-6-5-7-9-14/h5-11H,4H2,1-3H3,(H,18,20,21). The summed E-state index contributed by atoms with van der Waals surface area (Å²) in [6.07, 6.45) is 1.77. The third-order valence-corrected chi connectivity index (χ3v) is 3.58. The van der Waals surface area contributed by atoms with Crippen LogP contribution in [-0.4, -0.2) is 19.5 Å². The molecule has 2 aromatic heterocycles. The zero-order valence-electron chi connectivity index (χ0n) is 13.0. The lowest BCUT2D eigenvalue weighted by Gasteiger charge is -2.09. The van der Waals surface area contributed by atoms with Gasteiger partial charge in [0.15, 0.2) is 0 Å². The van der Waals surface area contributed by atoms with Crippen molar-refractivity contribution in [3.05, 3.63) is 54.1 Å². The number of hydrogen-bond donors (Lipinski definition) is 1. The van der Waals surface area contributed by atoms with Crippen molar-refractivity contribution in [3.63, 3.8) is 0 Å². The Morgan fingerprint density at radius 2 is 1.82 bits per heavy atom. The molecule has 22 heavy (non-hydrogen) atoms. The van der Waals surface area contributed by atoms with E-state index in [1.807, 2.05) is 50.2 Å². The summed E-state index contributed by atoms with van der Waals surface area (Å²) in [6.45, 7) is 7.01. The van der Waals surface area contributed by atoms with Crippen LogP contribution in [0.2, 0.25) is 0 Å². The Morgan fingerprint density at radius 1 is 1.05 bits per heavy atom. The van der Waals surface area contributed by atoms with E-state index in [0.29, 0.717) is 5.95 Å². The van der Waals surface area contributed by atoms with Crippen molar-refractivity contribution in [2.24, 2.45) is 0 Å². The number of nitrogens with zero attached hydrogens (tertiary/aromatic N) is 4. The molecule has 2 heterocycles. The van der Waals surface area contributed by atoms with Gasteiger partial charge in [-0.05, 0) is 39.0 Å². The molecule has 0 fully saturated rings. The van der Waals surface area contributed by atoms with Gasteiger partial charge in [0.25, 0.3) is 0 Å². The van der Waals surface area contributed by atoms with Gasteiger partial charge in [0.2, 0.25) is 5.95 Å². The summed E-state index contributed by atoms with van der Waals surface area (Å²) >= 11 is 0. The van der Waals surface area contributed by atoms with Crippen LogP contribution in [0.15, 0.2) is 42.6 Å². The number of benzene rings is 1. The highest BCUT2D eigenvalue weighted by Crippen LogP contribution is 2.24. The van der Waals surface area contributed by atoms with Gasteiger partial charge in [0, 0.05) is 18.4 Å². The zero-order valence-corrected chi connectivity index (χ0v) is 13.0. The fourth-order valence-corrected chi connectivity index (χ4v) is 2.63. The predicted molar refractivity (Wildman–Crippen MR) is 88.1 cm³/mol. The Bertz CT molecular complexity index is 777. The average Bonchev–Trinajstić information content (AvgIpc) is 2.82. The number of aryl methyl sites for hydroxylation is 2. The highest BCUT2D eigenvalue weighted by molar-refractivity contribution is 5.61. The molecule has 0 bridgehead atoms. The number of aromatic nitrogens is 4. The molecule has 3 aromatic rings. The van der Waals surface area contributed by atoms with Crippen molar-refractivity contribution >= 4 is 11.6 Å². The molecular weight excluding hydrogens is 274 g/mol. The first kappa shape index (κ1) is 14.3. The molecule has 0 unspecified atom stereocenters. The average molecular weight is 293 g/mol. The summed E-state index contributed by atoms with van der Waals surface area (Å²) in [5.41, 5.74) is 3.90. The van der Waals surface area contributed by atoms with Crippen LogP contribution in [-0.2, 0) is 6.54 Å². The number of imidazole rings is 1. The summed E-state index contributed by atoms with van der Waals surface area (Å²) in [5.74, 6) is 1.59. The Labute approximate surface area is 130 Å². The molecule has 0 aliphatic carbocycles. The molecule has 0 amide bonds. The highest BCUT2D eigenvalue weighted by atomic mass is 15.1. The minimum absolute atomic E-state index is 0.588. The molecule has 0 radical (unpaired) electrons. The summed E-state index contributed by atoms with van der Waals surface area (Å²) in [7, 11) is 0. The van der Waals surface area contributed by atoms with Gasteiger partial charge in [-0.3, -0.25) is 0 Å². The maximum absolute atomic E-state index is 4.64. The third-order valence-electron chi connectivity index (χ3n) is 3.58. The monoisotopic (exact) mass is 293 g/mol. The zero-order chi connectivity index (χ0) is 15.5. The van der Waals surface area contributed by atoms with Crippen molar-refractivity contribution in [2.75, 3.05) is 5.32 Å². The van der Waals surface area contributed by atoms with Crippen LogP contribution in [0.4, 0.5) is 11.6 Å². The molecule has 112 valence electrons. The summed E-state index contributed by atoms with van der Waals surface area (Å²) in [5, 5.41) is 3.23. The second kappa shape index (κ2) is 5.97. The van der Waals surface area contributed by atoms with Gasteiger partial charge in [-0.15, -0.1) is 0 Å². The first-order valence-corrected chi connectivity index (χ1v) is 7.38. The van der Waals surface area contributed by atoms with E-state index in [4.69, 9.17) is 0 Å². The van der Waals surface area contributed by atoms with Gasteiger partial charge in [0.1, 0.15) is 5.82 Å². The Hall–Kier alpha value is -2.69. The van der Waals surface area contributed by atoms with Gasteiger partial charge in [0.05, 0.1) is 17.1 Å². The normalized spacial score (nSPS) is 10.7. The second-order valence-electron chi connectivity index (χ2n) is 5.09. The number of anilines is 2. The quantitative estimate of drug-likeness (QED) is 0.796. The lowest BCUT2D eigenvalue weighted by molar-refractivity contribution is 0.735. The van der Waals surface area contributed by atoms with Crippen molar-refractivity contribution < 1.29 is 0 Å². The van der Waals surface area contributed by atoms with E-state index in [2.05, 4.69) is 31.8 Å². The van der Waals surface area contributed by atoms with E-state index in [1.54, 1.807) is 6.20 Å². The Kier molecular flexibility index (Phi) is 3.87. The number of nitrogens with one attached hydrogen (secondary N) is 1. The Balaban J connectivity index is 1.98. The molecule has 0 saturated carbocycles. The van der Waals surface area contributed by atoms with Gasteiger partial charge in [-0.25, -0.2) is 15.0 Å². The topological polar surface area (TPSA) is 55.6 Å². The van der Waals surface area contributed by atoms with Crippen LogP contribution < -0.4 is 5.32 Å². The predicted octanol–water partition coefficient (Wildman–Crippen LogP) is 3.72. The lowest BCUT2D eigenvalue weighted by atomic mass is 10.2.